The van der Waals surface area contributed by atoms with Gasteiger partial charge in [0.2, 0.25) is 5.92 Å². The number of imidazole rings is 1. The van der Waals surface area contributed by atoms with Crippen molar-refractivity contribution in [2.45, 2.75) is 43.3 Å². The van der Waals surface area contributed by atoms with Crippen molar-refractivity contribution in [2.24, 2.45) is 0 Å². The SMILES string of the molecule is O=C1OC2(CCC(F)(F)CC2)CN1CC(O)c1ccc(-n2cnc3ccccc32)cc1. The number of hydrogen-bond acceptors (Lipinski definition) is 4. The summed E-state index contributed by atoms with van der Waals surface area (Å²) in [5.41, 5.74) is 2.60. The summed E-state index contributed by atoms with van der Waals surface area (Å²) in [6.45, 7) is 0.294. The van der Waals surface area contributed by atoms with Crippen molar-refractivity contribution in [1.82, 2.24) is 14.5 Å². The number of benzene rings is 2. The molecule has 0 radical (unpaired) electrons. The maximum atomic E-state index is 13.5. The predicted molar refractivity (Wildman–Crippen MR) is 110 cm³/mol. The molecule has 5 rings (SSSR count). The smallest absolute Gasteiger partial charge is 0.410 e. The lowest BCUT2D eigenvalue weighted by Crippen LogP contribution is -2.42. The molecule has 8 heteroatoms. The van der Waals surface area contributed by atoms with Gasteiger partial charge in [-0.15, -0.1) is 0 Å². The molecule has 1 spiro atoms. The second kappa shape index (κ2) is 7.30. The van der Waals surface area contributed by atoms with Crippen molar-refractivity contribution in [1.29, 1.82) is 0 Å². The third kappa shape index (κ3) is 3.76. The molecule has 2 aromatic carbocycles. The molecule has 2 aliphatic rings. The maximum Gasteiger partial charge on any atom is 0.410 e. The van der Waals surface area contributed by atoms with E-state index in [4.69, 9.17) is 4.74 Å². The molecule has 1 amide bonds. The Labute approximate surface area is 178 Å². The number of alkyl halides is 2. The van der Waals surface area contributed by atoms with Crippen LogP contribution in [0.2, 0.25) is 0 Å². The zero-order valence-corrected chi connectivity index (χ0v) is 16.9. The maximum absolute atomic E-state index is 13.5. The van der Waals surface area contributed by atoms with Gasteiger partial charge in [-0.25, -0.2) is 18.6 Å². The molecule has 1 unspecified atom stereocenters. The molecule has 2 fully saturated rings. The van der Waals surface area contributed by atoms with Gasteiger partial charge in [-0.3, -0.25) is 4.57 Å². The Morgan fingerprint density at radius 2 is 1.77 bits per heavy atom. The largest absolute Gasteiger partial charge is 0.441 e. The molecule has 162 valence electrons. The van der Waals surface area contributed by atoms with E-state index in [0.717, 1.165) is 16.7 Å². The minimum absolute atomic E-state index is 0.0599. The van der Waals surface area contributed by atoms with E-state index in [-0.39, 0.29) is 38.8 Å². The highest BCUT2D eigenvalue weighted by Gasteiger charge is 2.51. The Hall–Kier alpha value is -3.00. The summed E-state index contributed by atoms with van der Waals surface area (Å²) in [5, 5.41) is 10.7. The van der Waals surface area contributed by atoms with E-state index in [1.165, 1.54) is 4.90 Å². The Balaban J connectivity index is 1.27. The van der Waals surface area contributed by atoms with E-state index in [9.17, 15) is 18.7 Å². The van der Waals surface area contributed by atoms with Crippen LogP contribution >= 0.6 is 0 Å². The summed E-state index contributed by atoms with van der Waals surface area (Å²) < 4.78 is 34.4. The van der Waals surface area contributed by atoms with E-state index in [1.807, 2.05) is 53.1 Å². The van der Waals surface area contributed by atoms with E-state index in [0.29, 0.717) is 5.56 Å². The fourth-order valence-corrected chi connectivity index (χ4v) is 4.50. The quantitative estimate of drug-likeness (QED) is 0.668. The Kier molecular flexibility index (Phi) is 4.69. The molecule has 1 saturated carbocycles. The number of amides is 1. The summed E-state index contributed by atoms with van der Waals surface area (Å²) in [6, 6.07) is 15.2. The average Bonchev–Trinajstić information content (AvgIpc) is 3.32. The van der Waals surface area contributed by atoms with Gasteiger partial charge in [0.25, 0.3) is 0 Å². The molecule has 3 aromatic rings. The summed E-state index contributed by atoms with van der Waals surface area (Å²) >= 11 is 0. The van der Waals surface area contributed by atoms with Gasteiger partial charge in [0, 0.05) is 18.5 Å². The predicted octanol–water partition coefficient (Wildman–Crippen LogP) is 4.46. The minimum Gasteiger partial charge on any atom is -0.441 e. The number of nitrogens with zero attached hydrogens (tertiary/aromatic N) is 3. The number of hydrogen-bond donors (Lipinski definition) is 1. The zero-order chi connectivity index (χ0) is 21.6. The monoisotopic (exact) mass is 427 g/mol. The molecule has 1 atom stereocenters. The number of para-hydroxylation sites is 2. The minimum atomic E-state index is -2.69. The molecule has 1 N–H and O–H groups in total. The lowest BCUT2D eigenvalue weighted by molar-refractivity contribution is -0.0911. The van der Waals surface area contributed by atoms with Crippen LogP contribution in [0, 0.1) is 0 Å². The molecule has 6 nitrogen and oxygen atoms in total. The van der Waals surface area contributed by atoms with Gasteiger partial charge in [-0.2, -0.15) is 0 Å². The summed E-state index contributed by atoms with van der Waals surface area (Å²) in [7, 11) is 0. The molecule has 0 bridgehead atoms. The van der Waals surface area contributed by atoms with Gasteiger partial charge in [0.15, 0.2) is 0 Å². The lowest BCUT2D eigenvalue weighted by Gasteiger charge is -2.34. The fraction of sp³-hybridized carbons (Fsp3) is 0.391. The summed E-state index contributed by atoms with van der Waals surface area (Å²) in [6.07, 6.45) is 0.0377. The fourth-order valence-electron chi connectivity index (χ4n) is 4.50. The first-order valence-corrected chi connectivity index (χ1v) is 10.4. The Morgan fingerprint density at radius 1 is 1.06 bits per heavy atom. The second-order valence-corrected chi connectivity index (χ2v) is 8.50. The van der Waals surface area contributed by atoms with Gasteiger partial charge in [0.1, 0.15) is 11.9 Å². The highest BCUT2D eigenvalue weighted by Crippen LogP contribution is 2.43. The van der Waals surface area contributed by atoms with E-state index in [2.05, 4.69) is 4.98 Å². The van der Waals surface area contributed by atoms with Crippen molar-refractivity contribution in [3.8, 4) is 5.69 Å². The third-order valence-corrected chi connectivity index (χ3v) is 6.34. The van der Waals surface area contributed by atoms with Crippen molar-refractivity contribution >= 4 is 17.1 Å². The Bertz CT molecular complexity index is 1100. The van der Waals surface area contributed by atoms with E-state index < -0.39 is 23.7 Å². The third-order valence-electron chi connectivity index (χ3n) is 6.34. The number of carbonyl (C=O) groups excluding carboxylic acids is 1. The molecule has 2 heterocycles. The number of aliphatic hydroxyl groups is 1. The number of β-amino-alcohol motifs (C(OH)–C–C–N with tert-alkyl or cyclic N) is 1. The number of aromatic nitrogens is 2. The molecular weight excluding hydrogens is 404 g/mol. The van der Waals surface area contributed by atoms with Crippen LogP contribution in [0.3, 0.4) is 0 Å². The lowest BCUT2D eigenvalue weighted by atomic mass is 9.82. The number of fused-ring (bicyclic) bond motifs is 1. The summed E-state index contributed by atoms with van der Waals surface area (Å²) in [5.74, 6) is -2.69. The van der Waals surface area contributed by atoms with Crippen LogP contribution in [0.25, 0.3) is 16.7 Å². The van der Waals surface area contributed by atoms with Gasteiger partial charge in [-0.1, -0.05) is 24.3 Å². The Morgan fingerprint density at radius 3 is 2.52 bits per heavy atom. The molecule has 1 aromatic heterocycles. The first kappa shape index (κ1) is 19.9. The average molecular weight is 427 g/mol. The molecular formula is C23H23F2N3O3. The van der Waals surface area contributed by atoms with Crippen LogP contribution in [0.15, 0.2) is 54.9 Å². The first-order chi connectivity index (χ1) is 14.8. The number of aliphatic hydroxyl groups excluding tert-OH is 1. The number of halogens is 2. The molecule has 1 saturated heterocycles. The van der Waals surface area contributed by atoms with Gasteiger partial charge in [-0.05, 0) is 42.7 Å². The molecule has 1 aliphatic carbocycles. The van der Waals surface area contributed by atoms with E-state index in [1.54, 1.807) is 6.33 Å². The van der Waals surface area contributed by atoms with Crippen LogP contribution in [0.1, 0.15) is 37.4 Å². The first-order valence-electron chi connectivity index (χ1n) is 10.4. The molecule has 1 aliphatic heterocycles. The standard InChI is InChI=1S/C23H23F2N3O3/c24-23(25)11-9-22(10-12-23)14-27(21(30)31-22)13-20(29)16-5-7-17(8-6-16)28-15-26-18-3-1-2-4-19(18)28/h1-8,15,20,29H,9-14H2. The zero-order valence-electron chi connectivity index (χ0n) is 16.9. The van der Waals surface area contributed by atoms with Gasteiger partial charge < -0.3 is 14.7 Å². The summed E-state index contributed by atoms with van der Waals surface area (Å²) in [4.78, 5) is 18.1. The van der Waals surface area contributed by atoms with Crippen molar-refractivity contribution in [3.63, 3.8) is 0 Å². The van der Waals surface area contributed by atoms with Crippen LogP contribution in [-0.2, 0) is 4.74 Å². The van der Waals surface area contributed by atoms with Crippen LogP contribution in [0.5, 0.6) is 0 Å². The molecule has 31 heavy (non-hydrogen) atoms. The van der Waals surface area contributed by atoms with Gasteiger partial charge in [0.05, 0.1) is 30.2 Å². The second-order valence-electron chi connectivity index (χ2n) is 8.50. The normalized spacial score (nSPS) is 20.9. The van der Waals surface area contributed by atoms with Crippen LogP contribution in [-0.4, -0.2) is 50.3 Å². The number of carbonyl (C=O) groups is 1. The van der Waals surface area contributed by atoms with Crippen LogP contribution in [0.4, 0.5) is 13.6 Å². The van der Waals surface area contributed by atoms with Crippen molar-refractivity contribution in [3.05, 3.63) is 60.4 Å². The number of rotatable bonds is 4. The topological polar surface area (TPSA) is 67.6 Å². The van der Waals surface area contributed by atoms with E-state index >= 15 is 0 Å². The van der Waals surface area contributed by atoms with Gasteiger partial charge >= 0.3 is 6.09 Å². The van der Waals surface area contributed by atoms with Crippen LogP contribution < -0.4 is 0 Å². The highest BCUT2D eigenvalue weighted by atomic mass is 19.3. The van der Waals surface area contributed by atoms with Crippen molar-refractivity contribution in [2.75, 3.05) is 13.1 Å². The number of ether oxygens (including phenoxy) is 1. The van der Waals surface area contributed by atoms with Crippen molar-refractivity contribution < 1.29 is 23.4 Å². The highest BCUT2D eigenvalue weighted by molar-refractivity contribution is 5.77.